The standard InChI is InChI=1S/C18H16ClFN4O/c1-12-10-24(18(21)23-12)22-9-14-5-6-16(20)8-17(14)25-11-13-3-2-4-15(19)7-13/h2-10H,11H2,1H3,(H2,21,23). The van der Waals surface area contributed by atoms with E-state index in [9.17, 15) is 4.39 Å². The molecule has 0 aliphatic heterocycles. The van der Waals surface area contributed by atoms with E-state index in [0.29, 0.717) is 16.3 Å². The lowest BCUT2D eigenvalue weighted by atomic mass is 10.2. The number of benzene rings is 2. The van der Waals surface area contributed by atoms with E-state index in [4.69, 9.17) is 22.1 Å². The zero-order valence-corrected chi connectivity index (χ0v) is 14.2. The summed E-state index contributed by atoms with van der Waals surface area (Å²) >= 11 is 5.96. The van der Waals surface area contributed by atoms with Crippen molar-refractivity contribution in [3.8, 4) is 5.75 Å². The normalized spacial score (nSPS) is 11.2. The average molecular weight is 359 g/mol. The van der Waals surface area contributed by atoms with E-state index in [1.807, 2.05) is 19.1 Å². The molecule has 3 aromatic rings. The fourth-order valence-corrected chi connectivity index (χ4v) is 2.46. The second kappa shape index (κ2) is 7.36. The quantitative estimate of drug-likeness (QED) is 0.700. The molecule has 2 N–H and O–H groups in total. The van der Waals surface area contributed by atoms with Gasteiger partial charge in [0.05, 0.1) is 18.1 Å². The van der Waals surface area contributed by atoms with Gasteiger partial charge in [0.25, 0.3) is 0 Å². The molecule has 3 rings (SSSR count). The lowest BCUT2D eigenvalue weighted by Gasteiger charge is -2.09. The Morgan fingerprint density at radius 3 is 2.88 bits per heavy atom. The highest BCUT2D eigenvalue weighted by molar-refractivity contribution is 6.30. The van der Waals surface area contributed by atoms with Gasteiger partial charge in [-0.05, 0) is 36.8 Å². The summed E-state index contributed by atoms with van der Waals surface area (Å²) in [7, 11) is 0. The summed E-state index contributed by atoms with van der Waals surface area (Å²) in [5.74, 6) is 0.257. The number of halogens is 2. The van der Waals surface area contributed by atoms with E-state index in [-0.39, 0.29) is 12.6 Å². The van der Waals surface area contributed by atoms with Crippen molar-refractivity contribution >= 4 is 23.8 Å². The molecule has 0 saturated heterocycles. The first-order valence-corrected chi connectivity index (χ1v) is 7.91. The molecule has 0 spiro atoms. The van der Waals surface area contributed by atoms with Gasteiger partial charge in [-0.25, -0.2) is 14.1 Å². The fraction of sp³-hybridized carbons (Fsp3) is 0.111. The van der Waals surface area contributed by atoms with Crippen LogP contribution in [0.25, 0.3) is 0 Å². The van der Waals surface area contributed by atoms with Crippen molar-refractivity contribution in [2.75, 3.05) is 5.73 Å². The van der Waals surface area contributed by atoms with Gasteiger partial charge >= 0.3 is 0 Å². The number of nitrogen functional groups attached to an aromatic ring is 1. The highest BCUT2D eigenvalue weighted by atomic mass is 35.5. The monoisotopic (exact) mass is 358 g/mol. The molecule has 0 aliphatic rings. The van der Waals surface area contributed by atoms with Gasteiger partial charge in [-0.15, -0.1) is 0 Å². The van der Waals surface area contributed by atoms with E-state index in [1.54, 1.807) is 30.6 Å². The van der Waals surface area contributed by atoms with E-state index < -0.39 is 5.82 Å². The molecular formula is C18H16ClFN4O. The van der Waals surface area contributed by atoms with Gasteiger partial charge in [0.15, 0.2) is 0 Å². The summed E-state index contributed by atoms with van der Waals surface area (Å²) in [5, 5.41) is 4.86. The van der Waals surface area contributed by atoms with Crippen LogP contribution in [0, 0.1) is 12.7 Å². The van der Waals surface area contributed by atoms with Crippen molar-refractivity contribution in [1.82, 2.24) is 9.66 Å². The van der Waals surface area contributed by atoms with Gasteiger partial charge < -0.3 is 10.5 Å². The number of hydrogen-bond acceptors (Lipinski definition) is 4. The van der Waals surface area contributed by atoms with Crippen LogP contribution in [0.15, 0.2) is 53.8 Å². The zero-order chi connectivity index (χ0) is 17.8. The largest absolute Gasteiger partial charge is 0.488 e. The number of aryl methyl sites for hydroxylation is 1. The summed E-state index contributed by atoms with van der Waals surface area (Å²) in [5.41, 5.74) is 8.01. The first kappa shape index (κ1) is 17.0. The maximum Gasteiger partial charge on any atom is 0.221 e. The van der Waals surface area contributed by atoms with Crippen molar-refractivity contribution < 1.29 is 9.13 Å². The van der Waals surface area contributed by atoms with Crippen LogP contribution in [0.3, 0.4) is 0 Å². The summed E-state index contributed by atoms with van der Waals surface area (Å²) < 4.78 is 20.8. The molecule has 1 heterocycles. The molecular weight excluding hydrogens is 343 g/mol. The van der Waals surface area contributed by atoms with Crippen molar-refractivity contribution in [3.63, 3.8) is 0 Å². The fourth-order valence-electron chi connectivity index (χ4n) is 2.25. The van der Waals surface area contributed by atoms with Crippen molar-refractivity contribution in [2.45, 2.75) is 13.5 Å². The molecule has 7 heteroatoms. The van der Waals surface area contributed by atoms with Crippen molar-refractivity contribution in [3.05, 3.63) is 76.3 Å². The van der Waals surface area contributed by atoms with E-state index >= 15 is 0 Å². The Morgan fingerprint density at radius 1 is 1.32 bits per heavy atom. The maximum absolute atomic E-state index is 13.6. The summed E-state index contributed by atoms with van der Waals surface area (Å²) in [6.07, 6.45) is 3.24. The molecule has 0 radical (unpaired) electrons. The summed E-state index contributed by atoms with van der Waals surface area (Å²) in [4.78, 5) is 4.07. The Bertz CT molecular complexity index is 923. The molecule has 0 aliphatic carbocycles. The van der Waals surface area contributed by atoms with Crippen molar-refractivity contribution in [2.24, 2.45) is 5.10 Å². The maximum atomic E-state index is 13.6. The molecule has 1 aromatic heterocycles. The van der Waals surface area contributed by atoms with Crippen LogP contribution in [-0.2, 0) is 6.61 Å². The van der Waals surface area contributed by atoms with Crippen LogP contribution in [0.5, 0.6) is 5.75 Å². The lowest BCUT2D eigenvalue weighted by Crippen LogP contribution is -2.01. The van der Waals surface area contributed by atoms with E-state index in [1.165, 1.54) is 16.8 Å². The third kappa shape index (κ3) is 4.36. The van der Waals surface area contributed by atoms with Crippen LogP contribution in [0.2, 0.25) is 5.02 Å². The molecule has 2 aromatic carbocycles. The predicted octanol–water partition coefficient (Wildman–Crippen LogP) is 4.03. The van der Waals surface area contributed by atoms with Crippen LogP contribution in [0.4, 0.5) is 10.3 Å². The smallest absolute Gasteiger partial charge is 0.221 e. The Hall–Kier alpha value is -2.86. The SMILES string of the molecule is Cc1cn(N=Cc2ccc(F)cc2OCc2cccc(Cl)c2)c(N)n1. The van der Waals surface area contributed by atoms with Crippen molar-refractivity contribution in [1.29, 1.82) is 0 Å². The average Bonchev–Trinajstić information content (AvgIpc) is 2.89. The second-order valence-electron chi connectivity index (χ2n) is 5.43. The van der Waals surface area contributed by atoms with Gasteiger partial charge in [-0.2, -0.15) is 5.10 Å². The van der Waals surface area contributed by atoms with Crippen LogP contribution in [-0.4, -0.2) is 15.9 Å². The second-order valence-corrected chi connectivity index (χ2v) is 5.87. The van der Waals surface area contributed by atoms with Crippen LogP contribution >= 0.6 is 11.6 Å². The number of ether oxygens (including phenoxy) is 1. The number of imidazole rings is 1. The highest BCUT2D eigenvalue weighted by Crippen LogP contribution is 2.21. The third-order valence-corrected chi connectivity index (χ3v) is 3.65. The molecule has 0 atom stereocenters. The lowest BCUT2D eigenvalue weighted by molar-refractivity contribution is 0.304. The zero-order valence-electron chi connectivity index (χ0n) is 13.5. The molecule has 0 amide bonds. The first-order chi connectivity index (χ1) is 12.0. The molecule has 0 fully saturated rings. The molecule has 5 nitrogen and oxygen atoms in total. The number of hydrogen-bond donors (Lipinski definition) is 1. The van der Waals surface area contributed by atoms with Crippen LogP contribution in [0.1, 0.15) is 16.8 Å². The minimum absolute atomic E-state index is 0.261. The summed E-state index contributed by atoms with van der Waals surface area (Å²) in [6, 6.07) is 11.5. The number of aromatic nitrogens is 2. The summed E-state index contributed by atoms with van der Waals surface area (Å²) in [6.45, 7) is 2.08. The Morgan fingerprint density at radius 2 is 2.16 bits per heavy atom. The Kier molecular flexibility index (Phi) is 5.00. The van der Waals surface area contributed by atoms with E-state index in [0.717, 1.165) is 11.3 Å². The number of anilines is 1. The van der Waals surface area contributed by atoms with Gasteiger partial charge in [0, 0.05) is 16.7 Å². The van der Waals surface area contributed by atoms with Gasteiger partial charge in [-0.1, -0.05) is 23.7 Å². The van der Waals surface area contributed by atoms with Gasteiger partial charge in [0.1, 0.15) is 18.2 Å². The molecule has 0 unspecified atom stereocenters. The van der Waals surface area contributed by atoms with E-state index in [2.05, 4.69) is 10.1 Å². The molecule has 128 valence electrons. The minimum atomic E-state index is -0.392. The van der Waals surface area contributed by atoms with Gasteiger partial charge in [-0.3, -0.25) is 0 Å². The number of rotatable bonds is 5. The van der Waals surface area contributed by atoms with Crippen LogP contribution < -0.4 is 10.5 Å². The predicted molar refractivity (Wildman–Crippen MR) is 96.6 cm³/mol. The van der Waals surface area contributed by atoms with Gasteiger partial charge in [0.2, 0.25) is 5.95 Å². The number of nitrogens with two attached hydrogens (primary N) is 1. The Labute approximate surface area is 149 Å². The first-order valence-electron chi connectivity index (χ1n) is 7.54. The number of nitrogens with zero attached hydrogens (tertiary/aromatic N) is 3. The molecule has 25 heavy (non-hydrogen) atoms. The third-order valence-electron chi connectivity index (χ3n) is 3.41. The Balaban J connectivity index is 1.81. The molecule has 0 saturated carbocycles. The topological polar surface area (TPSA) is 65.4 Å². The minimum Gasteiger partial charge on any atom is -0.488 e. The molecule has 0 bridgehead atoms. The highest BCUT2D eigenvalue weighted by Gasteiger charge is 2.06.